The number of amides is 3. The van der Waals surface area contributed by atoms with E-state index in [1.807, 2.05) is 18.2 Å². The van der Waals surface area contributed by atoms with Gasteiger partial charge in [-0.05, 0) is 23.6 Å². The van der Waals surface area contributed by atoms with Crippen molar-refractivity contribution in [2.45, 2.75) is 37.5 Å². The molecule has 0 saturated carbocycles. The number of carbonyl (C=O) groups excluding carboxylic acids is 3. The van der Waals surface area contributed by atoms with E-state index in [2.05, 4.69) is 20.9 Å². The predicted molar refractivity (Wildman–Crippen MR) is 112 cm³/mol. The summed E-state index contributed by atoms with van der Waals surface area (Å²) in [7, 11) is 0. The minimum atomic E-state index is -0.573. The summed E-state index contributed by atoms with van der Waals surface area (Å²) in [5.74, 6) is -0.773. The van der Waals surface area contributed by atoms with Crippen LogP contribution in [0.5, 0.6) is 0 Å². The maximum Gasteiger partial charge on any atom is 0.255 e. The summed E-state index contributed by atoms with van der Waals surface area (Å²) in [5.41, 5.74) is 2.71. The van der Waals surface area contributed by atoms with Crippen molar-refractivity contribution in [3.05, 3.63) is 34.9 Å². The first-order valence-electron chi connectivity index (χ1n) is 11.1. The maximum absolute atomic E-state index is 13.0. The molecule has 0 aliphatic carbocycles. The number of ether oxygens (including phenoxy) is 1. The average molecular weight is 428 g/mol. The Balaban J connectivity index is 1.21. The van der Waals surface area contributed by atoms with Crippen LogP contribution in [-0.2, 0) is 27.4 Å². The molecule has 31 heavy (non-hydrogen) atoms. The van der Waals surface area contributed by atoms with Crippen LogP contribution in [0.4, 0.5) is 0 Å². The highest BCUT2D eigenvalue weighted by Gasteiger charge is 2.44. The first kappa shape index (κ1) is 20.6. The van der Waals surface area contributed by atoms with Gasteiger partial charge >= 0.3 is 0 Å². The number of piperazine rings is 1. The molecule has 0 bridgehead atoms. The summed E-state index contributed by atoms with van der Waals surface area (Å²) in [6, 6.07) is 5.39. The fourth-order valence-corrected chi connectivity index (χ4v) is 5.02. The van der Waals surface area contributed by atoms with Gasteiger partial charge in [-0.1, -0.05) is 12.1 Å². The number of nitrogens with one attached hydrogen (secondary N) is 3. The smallest absolute Gasteiger partial charge is 0.255 e. The zero-order chi connectivity index (χ0) is 21.4. The molecule has 0 spiro atoms. The molecule has 4 aliphatic rings. The number of fused-ring (bicyclic) bond motifs is 1. The van der Waals surface area contributed by atoms with Gasteiger partial charge in [0, 0.05) is 57.8 Å². The Morgan fingerprint density at radius 2 is 1.97 bits per heavy atom. The van der Waals surface area contributed by atoms with Crippen LogP contribution in [0.25, 0.3) is 0 Å². The molecule has 4 heterocycles. The lowest BCUT2D eigenvalue weighted by Gasteiger charge is -2.51. The summed E-state index contributed by atoms with van der Waals surface area (Å²) < 4.78 is 5.55. The second-order valence-electron chi connectivity index (χ2n) is 8.95. The highest BCUT2D eigenvalue weighted by molar-refractivity contribution is 6.05. The molecule has 3 fully saturated rings. The normalized spacial score (nSPS) is 25.9. The topological polar surface area (TPSA) is 103 Å². The van der Waals surface area contributed by atoms with Crippen LogP contribution in [0.2, 0.25) is 0 Å². The van der Waals surface area contributed by atoms with E-state index < -0.39 is 6.04 Å². The van der Waals surface area contributed by atoms with E-state index >= 15 is 0 Å². The Labute approximate surface area is 181 Å². The van der Waals surface area contributed by atoms with Gasteiger partial charge in [0.1, 0.15) is 6.04 Å². The molecule has 4 aliphatic heterocycles. The molecular formula is C22H29N5O4. The quantitative estimate of drug-likeness (QED) is 0.512. The summed E-state index contributed by atoms with van der Waals surface area (Å²) >= 11 is 0. The molecule has 1 atom stereocenters. The second-order valence-corrected chi connectivity index (χ2v) is 8.95. The number of hydrogen-bond acceptors (Lipinski definition) is 7. The van der Waals surface area contributed by atoms with E-state index in [0.717, 1.165) is 57.1 Å². The van der Waals surface area contributed by atoms with Crippen LogP contribution in [-0.4, -0.2) is 85.0 Å². The Hall–Kier alpha value is -2.33. The van der Waals surface area contributed by atoms with Gasteiger partial charge in [-0.15, -0.1) is 0 Å². The van der Waals surface area contributed by atoms with Crippen molar-refractivity contribution >= 4 is 17.7 Å². The van der Waals surface area contributed by atoms with Crippen molar-refractivity contribution < 1.29 is 19.1 Å². The average Bonchev–Trinajstić information content (AvgIpc) is 3.06. The number of rotatable bonds is 6. The minimum absolute atomic E-state index is 0.0667. The fraction of sp³-hybridized carbons (Fsp3) is 0.591. The molecule has 3 N–H and O–H groups in total. The molecule has 3 saturated heterocycles. The highest BCUT2D eigenvalue weighted by atomic mass is 16.5. The largest absolute Gasteiger partial charge is 0.377 e. The summed E-state index contributed by atoms with van der Waals surface area (Å²) in [6.45, 7) is 7.54. The van der Waals surface area contributed by atoms with Gasteiger partial charge in [-0.2, -0.15) is 0 Å². The lowest BCUT2D eigenvalue weighted by atomic mass is 9.93. The van der Waals surface area contributed by atoms with E-state index in [-0.39, 0.29) is 29.7 Å². The standard InChI is InChI=1S/C22H29N5O4/c28-19-4-3-18(20(29)25-19)27-11-16-2-1-15(9-17(16)21(27)30)10-24-12-22(13-31-14-22)26-7-5-23-6-8-26/h1-2,9,18,23-24H,3-8,10-14H2,(H,25,28,29). The monoisotopic (exact) mass is 427 g/mol. The van der Waals surface area contributed by atoms with Crippen molar-refractivity contribution in [2.24, 2.45) is 0 Å². The molecule has 1 aromatic rings. The maximum atomic E-state index is 13.0. The van der Waals surface area contributed by atoms with Gasteiger partial charge in [-0.3, -0.25) is 24.6 Å². The Bertz CT molecular complexity index is 894. The molecule has 1 aromatic carbocycles. The molecule has 0 aromatic heterocycles. The Morgan fingerprint density at radius 3 is 2.68 bits per heavy atom. The van der Waals surface area contributed by atoms with Gasteiger partial charge in [-0.25, -0.2) is 0 Å². The van der Waals surface area contributed by atoms with E-state index in [1.54, 1.807) is 4.90 Å². The van der Waals surface area contributed by atoms with E-state index in [1.165, 1.54) is 0 Å². The van der Waals surface area contributed by atoms with Gasteiger partial charge in [0.25, 0.3) is 5.91 Å². The lowest BCUT2D eigenvalue weighted by Crippen LogP contribution is -2.69. The third-order valence-electron chi connectivity index (χ3n) is 6.91. The number of piperidine rings is 1. The number of benzene rings is 1. The zero-order valence-electron chi connectivity index (χ0n) is 17.6. The van der Waals surface area contributed by atoms with Crippen LogP contribution in [0.1, 0.15) is 34.3 Å². The molecule has 0 radical (unpaired) electrons. The Kier molecular flexibility index (Phi) is 5.51. The van der Waals surface area contributed by atoms with Crippen molar-refractivity contribution in [3.8, 4) is 0 Å². The highest BCUT2D eigenvalue weighted by Crippen LogP contribution is 2.29. The lowest BCUT2D eigenvalue weighted by molar-refractivity contribution is -0.141. The van der Waals surface area contributed by atoms with Gasteiger partial charge < -0.3 is 20.3 Å². The molecule has 3 amide bonds. The minimum Gasteiger partial charge on any atom is -0.377 e. The van der Waals surface area contributed by atoms with Crippen LogP contribution in [0, 0.1) is 0 Å². The summed E-state index contributed by atoms with van der Waals surface area (Å²) in [5, 5.41) is 9.31. The zero-order valence-corrected chi connectivity index (χ0v) is 17.6. The van der Waals surface area contributed by atoms with Crippen molar-refractivity contribution in [3.63, 3.8) is 0 Å². The van der Waals surface area contributed by atoms with Crippen LogP contribution >= 0.6 is 0 Å². The summed E-state index contributed by atoms with van der Waals surface area (Å²) in [6.07, 6.45) is 0.652. The van der Waals surface area contributed by atoms with Crippen molar-refractivity contribution in [1.82, 2.24) is 25.8 Å². The first-order chi connectivity index (χ1) is 15.1. The first-order valence-corrected chi connectivity index (χ1v) is 11.1. The second kappa shape index (κ2) is 8.31. The van der Waals surface area contributed by atoms with E-state index in [0.29, 0.717) is 25.1 Å². The van der Waals surface area contributed by atoms with Crippen molar-refractivity contribution in [2.75, 3.05) is 45.9 Å². The van der Waals surface area contributed by atoms with E-state index in [4.69, 9.17) is 4.74 Å². The number of carbonyl (C=O) groups is 3. The van der Waals surface area contributed by atoms with Crippen LogP contribution in [0.3, 0.4) is 0 Å². The molecule has 166 valence electrons. The molecule has 1 unspecified atom stereocenters. The SMILES string of the molecule is O=C1CCC(N2Cc3ccc(CNCC4(N5CCNCC5)COC4)cc3C2=O)C(=O)N1. The third-order valence-corrected chi connectivity index (χ3v) is 6.91. The fourth-order valence-electron chi connectivity index (χ4n) is 5.02. The van der Waals surface area contributed by atoms with Gasteiger partial charge in [0.2, 0.25) is 11.8 Å². The molecule has 5 rings (SSSR count). The van der Waals surface area contributed by atoms with Gasteiger partial charge in [0.05, 0.1) is 18.8 Å². The number of nitrogens with zero attached hydrogens (tertiary/aromatic N) is 2. The van der Waals surface area contributed by atoms with E-state index in [9.17, 15) is 14.4 Å². The number of imide groups is 1. The van der Waals surface area contributed by atoms with Crippen molar-refractivity contribution in [1.29, 1.82) is 0 Å². The molecule has 9 heteroatoms. The molecule has 9 nitrogen and oxygen atoms in total. The third kappa shape index (κ3) is 3.87. The van der Waals surface area contributed by atoms with Crippen LogP contribution in [0.15, 0.2) is 18.2 Å². The van der Waals surface area contributed by atoms with Gasteiger partial charge in [0.15, 0.2) is 0 Å². The van der Waals surface area contributed by atoms with Crippen LogP contribution < -0.4 is 16.0 Å². The Morgan fingerprint density at radius 1 is 1.16 bits per heavy atom. The molecular weight excluding hydrogens is 398 g/mol. The summed E-state index contributed by atoms with van der Waals surface area (Å²) in [4.78, 5) is 40.7. The number of hydrogen-bond donors (Lipinski definition) is 3. The predicted octanol–water partition coefficient (Wildman–Crippen LogP) is -0.789.